The SMILES string of the molecule is CC(C)c1ccc(-c2csc(NC(=O)CCS(=O)(=O)Cc3ccccc3)n2)cc1. The van der Waals surface area contributed by atoms with Crippen molar-refractivity contribution in [3.8, 4) is 11.3 Å². The van der Waals surface area contributed by atoms with E-state index in [-0.39, 0.29) is 23.8 Å². The number of nitrogens with zero attached hydrogens (tertiary/aromatic N) is 1. The molecule has 0 saturated carbocycles. The van der Waals surface area contributed by atoms with Gasteiger partial charge in [0.15, 0.2) is 15.0 Å². The first-order valence-electron chi connectivity index (χ1n) is 9.42. The van der Waals surface area contributed by atoms with Crippen LogP contribution in [0.4, 0.5) is 5.13 Å². The zero-order valence-electron chi connectivity index (χ0n) is 16.5. The number of carbonyl (C=O) groups excluding carboxylic acids is 1. The largest absolute Gasteiger partial charge is 0.302 e. The molecule has 0 aliphatic carbocycles. The van der Waals surface area contributed by atoms with Crippen LogP contribution in [0, 0.1) is 0 Å². The molecule has 0 saturated heterocycles. The van der Waals surface area contributed by atoms with Gasteiger partial charge in [0.05, 0.1) is 17.2 Å². The second-order valence-electron chi connectivity index (χ2n) is 7.19. The van der Waals surface area contributed by atoms with E-state index in [1.807, 2.05) is 23.6 Å². The fraction of sp³-hybridized carbons (Fsp3) is 0.273. The number of nitrogens with one attached hydrogen (secondary N) is 1. The van der Waals surface area contributed by atoms with Crippen LogP contribution >= 0.6 is 11.3 Å². The van der Waals surface area contributed by atoms with Gasteiger partial charge in [0.2, 0.25) is 5.91 Å². The van der Waals surface area contributed by atoms with Gasteiger partial charge >= 0.3 is 0 Å². The van der Waals surface area contributed by atoms with Crippen LogP contribution in [0.25, 0.3) is 11.3 Å². The van der Waals surface area contributed by atoms with Gasteiger partial charge in [-0.05, 0) is 17.0 Å². The van der Waals surface area contributed by atoms with Crippen LogP contribution in [0.2, 0.25) is 0 Å². The minimum absolute atomic E-state index is 0.0606. The Morgan fingerprint density at radius 3 is 2.41 bits per heavy atom. The lowest BCUT2D eigenvalue weighted by molar-refractivity contribution is -0.115. The molecule has 5 nitrogen and oxygen atoms in total. The fourth-order valence-corrected chi connectivity index (χ4v) is 4.91. The lowest BCUT2D eigenvalue weighted by Gasteiger charge is -2.06. The van der Waals surface area contributed by atoms with Crippen molar-refractivity contribution >= 4 is 32.2 Å². The highest BCUT2D eigenvalue weighted by Crippen LogP contribution is 2.26. The molecule has 0 fully saturated rings. The van der Waals surface area contributed by atoms with Crippen molar-refractivity contribution < 1.29 is 13.2 Å². The van der Waals surface area contributed by atoms with E-state index in [0.29, 0.717) is 11.0 Å². The number of benzene rings is 2. The molecule has 0 unspecified atom stereocenters. The molecule has 0 radical (unpaired) electrons. The summed E-state index contributed by atoms with van der Waals surface area (Å²) in [5.41, 5.74) is 3.75. The Hall–Kier alpha value is -2.51. The quantitative estimate of drug-likeness (QED) is 0.555. The maximum Gasteiger partial charge on any atom is 0.227 e. The molecule has 3 rings (SSSR count). The first-order valence-corrected chi connectivity index (χ1v) is 12.1. The summed E-state index contributed by atoms with van der Waals surface area (Å²) in [5, 5.41) is 5.05. The molecule has 0 atom stereocenters. The maximum absolute atomic E-state index is 12.2. The van der Waals surface area contributed by atoms with E-state index in [9.17, 15) is 13.2 Å². The third-order valence-electron chi connectivity index (χ3n) is 4.49. The van der Waals surface area contributed by atoms with Gasteiger partial charge in [-0.3, -0.25) is 4.79 Å². The minimum Gasteiger partial charge on any atom is -0.302 e. The van der Waals surface area contributed by atoms with Crippen LogP contribution in [0.5, 0.6) is 0 Å². The molecule has 0 bridgehead atoms. The first kappa shape index (κ1) is 21.2. The van der Waals surface area contributed by atoms with Gasteiger partial charge in [-0.15, -0.1) is 11.3 Å². The predicted octanol–water partition coefficient (Wildman–Crippen LogP) is 4.88. The Morgan fingerprint density at radius 1 is 1.07 bits per heavy atom. The van der Waals surface area contributed by atoms with Crippen LogP contribution in [-0.4, -0.2) is 25.1 Å². The molecular formula is C22H24N2O3S2. The summed E-state index contributed by atoms with van der Waals surface area (Å²) in [6.07, 6.45) is -0.0901. The first-order chi connectivity index (χ1) is 13.8. The number of sulfone groups is 1. The lowest BCUT2D eigenvalue weighted by Crippen LogP contribution is -2.18. The maximum atomic E-state index is 12.2. The highest BCUT2D eigenvalue weighted by atomic mass is 32.2. The number of thiazole rings is 1. The third kappa shape index (κ3) is 6.24. The third-order valence-corrected chi connectivity index (χ3v) is 6.85. The van der Waals surface area contributed by atoms with E-state index in [1.165, 1.54) is 16.9 Å². The Bertz CT molecular complexity index is 1060. The smallest absolute Gasteiger partial charge is 0.227 e. The number of anilines is 1. The minimum atomic E-state index is -3.35. The molecule has 2 aromatic carbocycles. The predicted molar refractivity (Wildman–Crippen MR) is 119 cm³/mol. The van der Waals surface area contributed by atoms with Gasteiger partial charge in [-0.25, -0.2) is 13.4 Å². The Morgan fingerprint density at radius 2 is 1.76 bits per heavy atom. The van der Waals surface area contributed by atoms with E-state index in [4.69, 9.17) is 0 Å². The summed E-state index contributed by atoms with van der Waals surface area (Å²) in [6.45, 7) is 4.29. The molecule has 3 aromatic rings. The summed E-state index contributed by atoms with van der Waals surface area (Å²) in [4.78, 5) is 16.6. The molecule has 29 heavy (non-hydrogen) atoms. The van der Waals surface area contributed by atoms with Crippen molar-refractivity contribution in [3.05, 3.63) is 71.1 Å². The zero-order valence-corrected chi connectivity index (χ0v) is 18.1. The van der Waals surface area contributed by atoms with Gasteiger partial charge in [0.1, 0.15) is 0 Å². The number of hydrogen-bond acceptors (Lipinski definition) is 5. The van der Waals surface area contributed by atoms with Crippen molar-refractivity contribution in [2.45, 2.75) is 31.9 Å². The number of hydrogen-bond donors (Lipinski definition) is 1. The summed E-state index contributed by atoms with van der Waals surface area (Å²) in [7, 11) is -3.35. The molecule has 0 aliphatic rings. The van der Waals surface area contributed by atoms with E-state index in [0.717, 1.165) is 16.8 Å². The van der Waals surface area contributed by atoms with E-state index < -0.39 is 9.84 Å². The molecule has 1 heterocycles. The molecule has 1 N–H and O–H groups in total. The molecule has 1 aromatic heterocycles. The summed E-state index contributed by atoms with van der Waals surface area (Å²) in [6, 6.07) is 17.2. The Balaban J connectivity index is 1.55. The summed E-state index contributed by atoms with van der Waals surface area (Å²) >= 11 is 1.33. The summed E-state index contributed by atoms with van der Waals surface area (Å²) < 4.78 is 24.5. The van der Waals surface area contributed by atoms with Gasteiger partial charge < -0.3 is 5.32 Å². The second-order valence-corrected chi connectivity index (χ2v) is 10.2. The van der Waals surface area contributed by atoms with Crippen molar-refractivity contribution in [2.24, 2.45) is 0 Å². The molecule has 0 aliphatic heterocycles. The van der Waals surface area contributed by atoms with Crippen molar-refractivity contribution in [2.75, 3.05) is 11.1 Å². The van der Waals surface area contributed by atoms with Crippen molar-refractivity contribution in [1.29, 1.82) is 0 Å². The standard InChI is InChI=1S/C22H24N2O3S2/c1-16(2)18-8-10-19(11-9-18)20-14-28-22(23-20)24-21(25)12-13-29(26,27)15-17-6-4-3-5-7-17/h3-11,14,16H,12-13,15H2,1-2H3,(H,23,24,25). The average molecular weight is 429 g/mol. The lowest BCUT2D eigenvalue weighted by atomic mass is 10.0. The monoisotopic (exact) mass is 428 g/mol. The van der Waals surface area contributed by atoms with Crippen LogP contribution < -0.4 is 5.32 Å². The van der Waals surface area contributed by atoms with E-state index in [2.05, 4.69) is 36.3 Å². The van der Waals surface area contributed by atoms with E-state index in [1.54, 1.807) is 24.3 Å². The van der Waals surface area contributed by atoms with Crippen LogP contribution in [0.1, 0.15) is 37.3 Å². The zero-order chi connectivity index (χ0) is 20.9. The van der Waals surface area contributed by atoms with Gasteiger partial charge in [0.25, 0.3) is 0 Å². The molecule has 7 heteroatoms. The number of carbonyl (C=O) groups is 1. The van der Waals surface area contributed by atoms with Crippen LogP contribution in [0.3, 0.4) is 0 Å². The summed E-state index contributed by atoms with van der Waals surface area (Å²) in [5.74, 6) is -0.137. The Labute approximate surface area is 175 Å². The topological polar surface area (TPSA) is 76.1 Å². The molecule has 0 spiro atoms. The fourth-order valence-electron chi connectivity index (χ4n) is 2.83. The van der Waals surface area contributed by atoms with Crippen LogP contribution in [0.15, 0.2) is 60.0 Å². The highest BCUT2D eigenvalue weighted by molar-refractivity contribution is 7.90. The number of rotatable bonds is 8. The molecule has 1 amide bonds. The molecular weight excluding hydrogens is 404 g/mol. The van der Waals surface area contributed by atoms with Gasteiger partial charge in [-0.2, -0.15) is 0 Å². The number of aromatic nitrogens is 1. The highest BCUT2D eigenvalue weighted by Gasteiger charge is 2.15. The van der Waals surface area contributed by atoms with Gasteiger partial charge in [0, 0.05) is 17.4 Å². The average Bonchev–Trinajstić information content (AvgIpc) is 3.15. The normalized spacial score (nSPS) is 11.6. The van der Waals surface area contributed by atoms with Crippen LogP contribution in [-0.2, 0) is 20.4 Å². The number of amides is 1. The van der Waals surface area contributed by atoms with Crippen molar-refractivity contribution in [3.63, 3.8) is 0 Å². The Kier molecular flexibility index (Phi) is 6.82. The van der Waals surface area contributed by atoms with Gasteiger partial charge in [-0.1, -0.05) is 68.4 Å². The molecule has 152 valence electrons. The second kappa shape index (κ2) is 9.33. The van der Waals surface area contributed by atoms with Crippen molar-refractivity contribution in [1.82, 2.24) is 4.98 Å². The van der Waals surface area contributed by atoms with E-state index >= 15 is 0 Å².